The summed E-state index contributed by atoms with van der Waals surface area (Å²) in [5.74, 6) is 0.771. The van der Waals surface area contributed by atoms with E-state index in [0.717, 1.165) is 32.5 Å². The Kier molecular flexibility index (Phi) is 9.98. The molecule has 18 heavy (non-hydrogen) atoms. The van der Waals surface area contributed by atoms with Crippen LogP contribution < -0.4 is 11.1 Å². The summed E-state index contributed by atoms with van der Waals surface area (Å²) in [4.78, 5) is 14.1. The van der Waals surface area contributed by atoms with E-state index >= 15 is 0 Å². The lowest BCUT2D eigenvalue weighted by atomic mass is 10.1. The number of rotatable bonds is 10. The first-order valence-corrected chi connectivity index (χ1v) is 7.29. The third-order valence-corrected chi connectivity index (χ3v) is 3.43. The number of nitrogens with zero attached hydrogens (tertiary/aromatic N) is 1. The molecular formula is C14H31N3O. The van der Waals surface area contributed by atoms with Crippen LogP contribution in [-0.4, -0.2) is 43.0 Å². The smallest absolute Gasteiger partial charge is 0.221 e. The monoisotopic (exact) mass is 257 g/mol. The predicted molar refractivity (Wildman–Crippen MR) is 77.5 cm³/mol. The van der Waals surface area contributed by atoms with E-state index in [1.807, 2.05) is 0 Å². The van der Waals surface area contributed by atoms with Crippen molar-refractivity contribution in [2.45, 2.75) is 53.0 Å². The van der Waals surface area contributed by atoms with Crippen LogP contribution in [0.5, 0.6) is 0 Å². The molecule has 0 rings (SSSR count). The molecule has 0 aromatic rings. The van der Waals surface area contributed by atoms with Crippen molar-refractivity contribution in [1.82, 2.24) is 10.2 Å². The van der Waals surface area contributed by atoms with Gasteiger partial charge in [-0.1, -0.05) is 34.1 Å². The highest BCUT2D eigenvalue weighted by Gasteiger charge is 2.20. The summed E-state index contributed by atoms with van der Waals surface area (Å²) in [5.41, 5.74) is 5.82. The van der Waals surface area contributed by atoms with Gasteiger partial charge < -0.3 is 11.1 Å². The predicted octanol–water partition coefficient (Wildman–Crippen LogP) is 1.60. The number of nitrogens with one attached hydrogen (secondary N) is 1. The minimum Gasteiger partial charge on any atom is -0.356 e. The lowest BCUT2D eigenvalue weighted by Crippen LogP contribution is -2.45. The second kappa shape index (κ2) is 10.3. The van der Waals surface area contributed by atoms with Gasteiger partial charge in [-0.15, -0.1) is 0 Å². The molecule has 0 aliphatic rings. The number of carbonyl (C=O) groups is 1. The van der Waals surface area contributed by atoms with Crippen LogP contribution in [0, 0.1) is 5.92 Å². The topological polar surface area (TPSA) is 58.4 Å². The Morgan fingerprint density at radius 1 is 1.33 bits per heavy atom. The molecule has 0 fully saturated rings. The molecule has 4 heteroatoms. The van der Waals surface area contributed by atoms with Gasteiger partial charge in [0.25, 0.3) is 0 Å². The second-order valence-electron chi connectivity index (χ2n) is 5.04. The lowest BCUT2D eigenvalue weighted by molar-refractivity contribution is -0.122. The highest BCUT2D eigenvalue weighted by molar-refractivity contribution is 5.76. The van der Waals surface area contributed by atoms with E-state index in [0.29, 0.717) is 18.9 Å². The Bertz CT molecular complexity index is 221. The lowest BCUT2D eigenvalue weighted by Gasteiger charge is -2.31. The Hall–Kier alpha value is -0.610. The molecule has 0 bridgehead atoms. The first kappa shape index (κ1) is 17.4. The van der Waals surface area contributed by atoms with Crippen LogP contribution in [0.15, 0.2) is 0 Å². The number of amides is 1. The summed E-state index contributed by atoms with van der Waals surface area (Å²) in [6.07, 6.45) is 2.65. The molecule has 0 aliphatic carbocycles. The first-order chi connectivity index (χ1) is 8.58. The first-order valence-electron chi connectivity index (χ1n) is 7.29. The maximum Gasteiger partial charge on any atom is 0.221 e. The number of carbonyl (C=O) groups excluding carboxylic acids is 1. The summed E-state index contributed by atoms with van der Waals surface area (Å²) in [6, 6.07) is 0.167. The molecule has 0 heterocycles. The molecule has 0 aromatic heterocycles. The summed E-state index contributed by atoms with van der Waals surface area (Å²) < 4.78 is 0. The fourth-order valence-corrected chi connectivity index (χ4v) is 1.98. The van der Waals surface area contributed by atoms with Crippen LogP contribution in [-0.2, 0) is 4.79 Å². The van der Waals surface area contributed by atoms with Crippen molar-refractivity contribution < 1.29 is 4.79 Å². The average molecular weight is 257 g/mol. The fourth-order valence-electron chi connectivity index (χ4n) is 1.98. The molecule has 2 atom stereocenters. The van der Waals surface area contributed by atoms with Crippen LogP contribution in [0.1, 0.15) is 47.0 Å². The summed E-state index contributed by atoms with van der Waals surface area (Å²) >= 11 is 0. The van der Waals surface area contributed by atoms with Crippen LogP contribution in [0.4, 0.5) is 0 Å². The molecule has 0 saturated carbocycles. The van der Waals surface area contributed by atoms with Gasteiger partial charge in [-0.05, 0) is 18.9 Å². The van der Waals surface area contributed by atoms with Crippen LogP contribution in [0.25, 0.3) is 0 Å². The van der Waals surface area contributed by atoms with E-state index in [-0.39, 0.29) is 11.9 Å². The number of hydrogen-bond acceptors (Lipinski definition) is 3. The summed E-state index contributed by atoms with van der Waals surface area (Å²) in [7, 11) is 0. The highest BCUT2D eigenvalue weighted by atomic mass is 16.1. The van der Waals surface area contributed by atoms with E-state index in [1.54, 1.807) is 0 Å². The van der Waals surface area contributed by atoms with Gasteiger partial charge in [0.05, 0.1) is 0 Å². The minimum absolute atomic E-state index is 0.120. The number of likely N-dealkylation sites (N-methyl/N-ethyl adjacent to an activating group) is 1. The number of hydrogen-bond donors (Lipinski definition) is 2. The van der Waals surface area contributed by atoms with E-state index in [4.69, 9.17) is 5.73 Å². The third kappa shape index (κ3) is 6.97. The zero-order valence-electron chi connectivity index (χ0n) is 12.5. The molecule has 2 unspecified atom stereocenters. The fraction of sp³-hybridized carbons (Fsp3) is 0.929. The quantitative estimate of drug-likeness (QED) is 0.625. The van der Waals surface area contributed by atoms with Gasteiger partial charge in [-0.2, -0.15) is 0 Å². The molecule has 0 spiro atoms. The normalized spacial score (nSPS) is 14.6. The van der Waals surface area contributed by atoms with E-state index in [2.05, 4.69) is 37.9 Å². The van der Waals surface area contributed by atoms with Gasteiger partial charge in [0, 0.05) is 32.1 Å². The largest absolute Gasteiger partial charge is 0.356 e. The molecule has 0 aromatic carbocycles. The molecule has 4 nitrogen and oxygen atoms in total. The van der Waals surface area contributed by atoms with E-state index < -0.39 is 0 Å². The second-order valence-corrected chi connectivity index (χ2v) is 5.04. The zero-order chi connectivity index (χ0) is 14.0. The SMILES string of the molecule is CCCNC(=O)CC(CN)N(CC)CC(C)CC. The van der Waals surface area contributed by atoms with Gasteiger partial charge in [-0.25, -0.2) is 0 Å². The summed E-state index contributed by atoms with van der Waals surface area (Å²) in [6.45, 7) is 11.9. The number of nitrogens with two attached hydrogens (primary N) is 1. The average Bonchev–Trinajstić information content (AvgIpc) is 2.39. The maximum atomic E-state index is 11.8. The van der Waals surface area contributed by atoms with Crippen molar-refractivity contribution in [1.29, 1.82) is 0 Å². The minimum atomic E-state index is 0.120. The van der Waals surface area contributed by atoms with Crippen molar-refractivity contribution in [2.24, 2.45) is 11.7 Å². The molecule has 108 valence electrons. The third-order valence-electron chi connectivity index (χ3n) is 3.43. The van der Waals surface area contributed by atoms with Gasteiger partial charge in [0.15, 0.2) is 0 Å². The van der Waals surface area contributed by atoms with Crippen molar-refractivity contribution in [3.8, 4) is 0 Å². The van der Waals surface area contributed by atoms with Crippen LogP contribution in [0.2, 0.25) is 0 Å². The Morgan fingerprint density at radius 3 is 2.44 bits per heavy atom. The highest BCUT2D eigenvalue weighted by Crippen LogP contribution is 2.09. The van der Waals surface area contributed by atoms with E-state index in [1.165, 1.54) is 0 Å². The van der Waals surface area contributed by atoms with Crippen molar-refractivity contribution in [2.75, 3.05) is 26.2 Å². The summed E-state index contributed by atoms with van der Waals surface area (Å²) in [5, 5.41) is 2.92. The molecule has 0 aliphatic heterocycles. The van der Waals surface area contributed by atoms with Crippen molar-refractivity contribution >= 4 is 5.91 Å². The van der Waals surface area contributed by atoms with Crippen LogP contribution >= 0.6 is 0 Å². The Morgan fingerprint density at radius 2 is 2.00 bits per heavy atom. The van der Waals surface area contributed by atoms with Gasteiger partial charge in [0.2, 0.25) is 5.91 Å². The standard InChI is InChI=1S/C14H31N3O/c1-5-8-16-14(18)9-13(10-15)17(7-3)11-12(4)6-2/h12-13H,5-11,15H2,1-4H3,(H,16,18). The maximum absolute atomic E-state index is 11.8. The van der Waals surface area contributed by atoms with Gasteiger partial charge in [-0.3, -0.25) is 9.69 Å². The molecule has 0 radical (unpaired) electrons. The molecule has 1 amide bonds. The molecule has 3 N–H and O–H groups in total. The van der Waals surface area contributed by atoms with Crippen molar-refractivity contribution in [3.63, 3.8) is 0 Å². The zero-order valence-corrected chi connectivity index (χ0v) is 12.5. The molecular weight excluding hydrogens is 226 g/mol. The van der Waals surface area contributed by atoms with Gasteiger partial charge in [0.1, 0.15) is 0 Å². The Balaban J connectivity index is 4.29. The van der Waals surface area contributed by atoms with Gasteiger partial charge >= 0.3 is 0 Å². The van der Waals surface area contributed by atoms with Crippen LogP contribution in [0.3, 0.4) is 0 Å². The molecule has 0 saturated heterocycles. The van der Waals surface area contributed by atoms with Crippen molar-refractivity contribution in [3.05, 3.63) is 0 Å². The van der Waals surface area contributed by atoms with E-state index in [9.17, 15) is 4.79 Å². The Labute approximate surface area is 112 Å².